The van der Waals surface area contributed by atoms with Crippen LogP contribution in [0.25, 0.3) is 0 Å². The summed E-state index contributed by atoms with van der Waals surface area (Å²) in [5, 5.41) is 27.5. The number of nitriles is 3. The molecule has 1 aromatic carbocycles. The van der Waals surface area contributed by atoms with Crippen LogP contribution in [0.2, 0.25) is 0 Å². The van der Waals surface area contributed by atoms with Gasteiger partial charge in [0.2, 0.25) is 5.91 Å². The second-order valence-electron chi connectivity index (χ2n) is 4.16. The zero-order valence-electron chi connectivity index (χ0n) is 9.29. The van der Waals surface area contributed by atoms with Crippen molar-refractivity contribution in [2.75, 3.05) is 0 Å². The number of rotatable bonds is 2. The molecule has 1 aromatic rings. The van der Waals surface area contributed by atoms with Crippen molar-refractivity contribution in [3.63, 3.8) is 0 Å². The summed E-state index contributed by atoms with van der Waals surface area (Å²) in [7, 11) is 0. The van der Waals surface area contributed by atoms with Gasteiger partial charge in [-0.05, 0) is 5.56 Å². The van der Waals surface area contributed by atoms with Gasteiger partial charge in [-0.3, -0.25) is 4.79 Å². The number of nitrogens with two attached hydrogens (primary N) is 1. The Balaban J connectivity index is 2.64. The van der Waals surface area contributed by atoms with E-state index < -0.39 is 22.7 Å². The molecule has 2 N–H and O–H groups in total. The molecule has 1 aliphatic carbocycles. The molecular formula is C13H8N4O. The first-order chi connectivity index (χ1) is 8.60. The fourth-order valence-corrected chi connectivity index (χ4v) is 2.50. The molecule has 1 aliphatic rings. The number of amides is 1. The SMILES string of the molecule is N#CC1(C#N)C(c2ccccc2)C1(C#N)C(N)=O. The largest absolute Gasteiger partial charge is 0.368 e. The monoisotopic (exact) mass is 236 g/mol. The van der Waals surface area contributed by atoms with Crippen molar-refractivity contribution in [3.05, 3.63) is 35.9 Å². The molecule has 2 rings (SSSR count). The van der Waals surface area contributed by atoms with E-state index in [4.69, 9.17) is 5.73 Å². The van der Waals surface area contributed by atoms with Crippen molar-refractivity contribution in [1.82, 2.24) is 0 Å². The number of hydrogen-bond acceptors (Lipinski definition) is 4. The summed E-state index contributed by atoms with van der Waals surface area (Å²) < 4.78 is 0. The quantitative estimate of drug-likeness (QED) is 0.818. The third-order valence-electron chi connectivity index (χ3n) is 3.46. The van der Waals surface area contributed by atoms with Crippen LogP contribution in [0.5, 0.6) is 0 Å². The van der Waals surface area contributed by atoms with Crippen LogP contribution >= 0.6 is 0 Å². The standard InChI is InChI=1S/C13H8N4O/c14-6-12(7-15)10(9-4-2-1-3-5-9)13(12,8-16)11(17)18/h1-5,10H,(H2,17,18). The highest BCUT2D eigenvalue weighted by Crippen LogP contribution is 2.73. The van der Waals surface area contributed by atoms with Gasteiger partial charge in [0, 0.05) is 5.92 Å². The van der Waals surface area contributed by atoms with Crippen molar-refractivity contribution in [1.29, 1.82) is 15.8 Å². The Kier molecular flexibility index (Phi) is 2.32. The fourth-order valence-electron chi connectivity index (χ4n) is 2.50. The van der Waals surface area contributed by atoms with Gasteiger partial charge in [-0.15, -0.1) is 0 Å². The van der Waals surface area contributed by atoms with Crippen LogP contribution < -0.4 is 5.73 Å². The summed E-state index contributed by atoms with van der Waals surface area (Å²) in [5.41, 5.74) is 2.39. The molecule has 0 bridgehead atoms. The van der Waals surface area contributed by atoms with Crippen molar-refractivity contribution in [2.45, 2.75) is 5.92 Å². The lowest BCUT2D eigenvalue weighted by atomic mass is 9.96. The van der Waals surface area contributed by atoms with E-state index >= 15 is 0 Å². The summed E-state index contributed by atoms with van der Waals surface area (Å²) in [6, 6.07) is 13.9. The maximum atomic E-state index is 11.5. The molecule has 1 fully saturated rings. The van der Waals surface area contributed by atoms with Crippen LogP contribution in [0.3, 0.4) is 0 Å². The summed E-state index contributed by atoms with van der Waals surface area (Å²) in [5.74, 6) is -1.72. The average molecular weight is 236 g/mol. The van der Waals surface area contributed by atoms with Gasteiger partial charge in [0.05, 0.1) is 18.2 Å². The summed E-state index contributed by atoms with van der Waals surface area (Å²) in [6.45, 7) is 0. The van der Waals surface area contributed by atoms with Crippen LogP contribution in [0, 0.1) is 44.8 Å². The van der Waals surface area contributed by atoms with Crippen molar-refractivity contribution >= 4 is 5.91 Å². The van der Waals surface area contributed by atoms with E-state index in [-0.39, 0.29) is 0 Å². The lowest BCUT2D eigenvalue weighted by molar-refractivity contribution is -0.121. The first kappa shape index (κ1) is 11.6. The third kappa shape index (κ3) is 1.04. The van der Waals surface area contributed by atoms with Gasteiger partial charge in [-0.25, -0.2) is 0 Å². The Morgan fingerprint density at radius 1 is 1.11 bits per heavy atom. The van der Waals surface area contributed by atoms with E-state index in [2.05, 4.69) is 0 Å². The maximum absolute atomic E-state index is 11.5. The minimum atomic E-state index is -1.75. The lowest BCUT2D eigenvalue weighted by Crippen LogP contribution is -2.28. The van der Waals surface area contributed by atoms with Crippen molar-refractivity contribution < 1.29 is 4.79 Å². The van der Waals surface area contributed by atoms with E-state index in [1.807, 2.05) is 0 Å². The highest BCUT2D eigenvalue weighted by Gasteiger charge is 2.84. The van der Waals surface area contributed by atoms with Gasteiger partial charge in [0.1, 0.15) is 0 Å². The summed E-state index contributed by atoms with van der Waals surface area (Å²) in [4.78, 5) is 11.5. The molecule has 86 valence electrons. The molecule has 2 unspecified atom stereocenters. The van der Waals surface area contributed by atoms with Crippen LogP contribution in [0.15, 0.2) is 30.3 Å². The zero-order valence-corrected chi connectivity index (χ0v) is 9.29. The predicted octanol–water partition coefficient (Wildman–Crippen LogP) is 0.813. The first-order valence-electron chi connectivity index (χ1n) is 5.19. The van der Waals surface area contributed by atoms with Crippen LogP contribution in [-0.2, 0) is 4.79 Å². The number of primary amides is 1. The molecule has 1 amide bonds. The zero-order chi connectivity index (χ0) is 13.4. The lowest BCUT2D eigenvalue weighted by Gasteiger charge is -2.02. The minimum Gasteiger partial charge on any atom is -0.368 e. The minimum absolute atomic E-state index is 0.598. The van der Waals surface area contributed by atoms with E-state index in [0.717, 1.165) is 0 Å². The van der Waals surface area contributed by atoms with E-state index in [0.29, 0.717) is 5.56 Å². The second kappa shape index (κ2) is 3.58. The topological polar surface area (TPSA) is 114 Å². The van der Waals surface area contributed by atoms with Gasteiger partial charge < -0.3 is 5.73 Å². The molecule has 0 spiro atoms. The molecule has 0 aromatic heterocycles. The summed E-state index contributed by atoms with van der Waals surface area (Å²) >= 11 is 0. The molecule has 18 heavy (non-hydrogen) atoms. The van der Waals surface area contributed by atoms with Gasteiger partial charge >= 0.3 is 0 Å². The molecule has 0 heterocycles. The molecule has 0 radical (unpaired) electrons. The maximum Gasteiger partial charge on any atom is 0.241 e. The number of carbonyl (C=O) groups excluding carboxylic acids is 1. The molecule has 1 saturated carbocycles. The van der Waals surface area contributed by atoms with Crippen LogP contribution in [0.4, 0.5) is 0 Å². The first-order valence-corrected chi connectivity index (χ1v) is 5.19. The van der Waals surface area contributed by atoms with Crippen LogP contribution in [0.1, 0.15) is 11.5 Å². The Labute approximate surface area is 104 Å². The highest BCUT2D eigenvalue weighted by molar-refractivity contribution is 5.94. The molecule has 0 aliphatic heterocycles. The Morgan fingerprint density at radius 3 is 2.00 bits per heavy atom. The fraction of sp³-hybridized carbons (Fsp3) is 0.231. The van der Waals surface area contributed by atoms with Crippen molar-refractivity contribution in [3.8, 4) is 18.2 Å². The average Bonchev–Trinajstić information content (AvgIpc) is 3.04. The molecule has 5 nitrogen and oxygen atoms in total. The second-order valence-corrected chi connectivity index (χ2v) is 4.16. The number of benzene rings is 1. The normalized spacial score (nSPS) is 27.3. The van der Waals surface area contributed by atoms with Gasteiger partial charge in [0.15, 0.2) is 10.8 Å². The number of carbonyl (C=O) groups is 1. The number of hydrogen-bond donors (Lipinski definition) is 1. The van der Waals surface area contributed by atoms with Gasteiger partial charge in [0.25, 0.3) is 0 Å². The predicted molar refractivity (Wildman–Crippen MR) is 60.1 cm³/mol. The van der Waals surface area contributed by atoms with Gasteiger partial charge in [-0.1, -0.05) is 30.3 Å². The number of nitrogens with zero attached hydrogens (tertiary/aromatic N) is 3. The Hall–Kier alpha value is -2.84. The molecular weight excluding hydrogens is 228 g/mol. The Bertz CT molecular complexity index is 618. The third-order valence-corrected chi connectivity index (χ3v) is 3.46. The van der Waals surface area contributed by atoms with E-state index in [9.17, 15) is 20.6 Å². The van der Waals surface area contributed by atoms with Crippen molar-refractivity contribution in [2.24, 2.45) is 16.6 Å². The van der Waals surface area contributed by atoms with Gasteiger partial charge in [-0.2, -0.15) is 15.8 Å². The molecule has 0 saturated heterocycles. The highest BCUT2D eigenvalue weighted by atomic mass is 16.1. The van der Waals surface area contributed by atoms with E-state index in [1.165, 1.54) is 0 Å². The molecule has 2 atom stereocenters. The smallest absolute Gasteiger partial charge is 0.241 e. The Morgan fingerprint density at radius 2 is 1.67 bits per heavy atom. The van der Waals surface area contributed by atoms with E-state index in [1.54, 1.807) is 48.5 Å². The van der Waals surface area contributed by atoms with Crippen LogP contribution in [-0.4, -0.2) is 5.91 Å². The summed E-state index contributed by atoms with van der Waals surface area (Å²) in [6.07, 6.45) is 0. The molecule has 5 heteroatoms.